The molecule has 0 saturated carbocycles. The quantitative estimate of drug-likeness (QED) is 0.131. The van der Waals surface area contributed by atoms with Crippen molar-refractivity contribution in [2.75, 3.05) is 18.6 Å². The SMILES string of the molecule is CCC[C@@H](C)[C@H](O)[C@H](C)[C@@H](O)[C@@H](C)[C@H](Cc1nc(C2=N[C@@](C)(C3=N[C@@](C)(C(=O)N[C@H]([C@@H](O)[C@@H](C)C(=O)O)[C@@H](C)CC)CS3)CS2)cs1)OC. The molecule has 0 unspecified atom stereocenters. The van der Waals surface area contributed by atoms with Gasteiger partial charge in [-0.25, -0.2) is 4.98 Å². The molecule has 0 aliphatic carbocycles. The summed E-state index contributed by atoms with van der Waals surface area (Å²) in [5, 5.41) is 49.6. The molecule has 0 saturated heterocycles. The second kappa shape index (κ2) is 17.8. The van der Waals surface area contributed by atoms with Crippen LogP contribution < -0.4 is 5.32 Å². The zero-order chi connectivity index (χ0) is 36.8. The minimum Gasteiger partial charge on any atom is -0.481 e. The van der Waals surface area contributed by atoms with E-state index in [0.29, 0.717) is 24.3 Å². The number of aliphatic imine (C=N–C) groups is 2. The smallest absolute Gasteiger partial charge is 0.308 e. The Balaban J connectivity index is 1.72. The van der Waals surface area contributed by atoms with Crippen molar-refractivity contribution in [1.29, 1.82) is 0 Å². The molecule has 5 N–H and O–H groups in total. The second-order valence-electron chi connectivity index (χ2n) is 14.5. The third-order valence-corrected chi connectivity index (χ3v) is 14.1. The lowest BCUT2D eigenvalue weighted by Crippen LogP contribution is -2.56. The first-order chi connectivity index (χ1) is 22.9. The number of carboxylic acids is 1. The van der Waals surface area contributed by atoms with Gasteiger partial charge in [0.05, 0.1) is 46.4 Å². The number of hydrogen-bond acceptors (Lipinski definition) is 12. The molecule has 1 amide bonds. The molecule has 0 radical (unpaired) electrons. The summed E-state index contributed by atoms with van der Waals surface area (Å²) in [6, 6.07) is -0.723. The number of nitrogens with one attached hydrogen (secondary N) is 1. The van der Waals surface area contributed by atoms with Gasteiger partial charge in [0.25, 0.3) is 0 Å². The first kappa shape index (κ1) is 41.9. The summed E-state index contributed by atoms with van der Waals surface area (Å²) >= 11 is 4.62. The Kier molecular flexibility index (Phi) is 15.2. The normalized spacial score (nSPS) is 27.2. The monoisotopic (exact) mass is 742 g/mol. The molecule has 0 aromatic carbocycles. The Hall–Kier alpha value is -1.55. The summed E-state index contributed by atoms with van der Waals surface area (Å²) in [6.07, 6.45) is 0.232. The number of aliphatic carboxylic acids is 1. The Morgan fingerprint density at radius 2 is 1.63 bits per heavy atom. The highest BCUT2D eigenvalue weighted by Gasteiger charge is 2.47. The molecule has 3 heterocycles. The molecule has 0 bridgehead atoms. The second-order valence-corrected chi connectivity index (χ2v) is 17.4. The van der Waals surface area contributed by atoms with Crippen LogP contribution in [0.5, 0.6) is 0 Å². The van der Waals surface area contributed by atoms with Crippen LogP contribution in [0.4, 0.5) is 0 Å². The predicted molar refractivity (Wildman–Crippen MR) is 201 cm³/mol. The number of aromatic nitrogens is 1. The van der Waals surface area contributed by atoms with Gasteiger partial charge in [0.15, 0.2) is 0 Å². The van der Waals surface area contributed by atoms with E-state index < -0.39 is 47.3 Å². The van der Waals surface area contributed by atoms with E-state index in [1.807, 2.05) is 46.9 Å². The van der Waals surface area contributed by atoms with E-state index in [9.17, 15) is 30.0 Å². The number of aliphatic hydroxyl groups excluding tert-OH is 3. The minimum absolute atomic E-state index is 0.106. The number of aliphatic hydroxyl groups is 3. The summed E-state index contributed by atoms with van der Waals surface area (Å²) in [7, 11) is 1.64. The van der Waals surface area contributed by atoms with E-state index in [1.54, 1.807) is 25.8 Å². The van der Waals surface area contributed by atoms with E-state index in [2.05, 4.69) is 12.2 Å². The lowest BCUT2D eigenvalue weighted by atomic mass is 9.80. The van der Waals surface area contributed by atoms with Crippen molar-refractivity contribution in [2.45, 2.75) is 130 Å². The number of thioether (sulfide) groups is 2. The van der Waals surface area contributed by atoms with Crippen molar-refractivity contribution >= 4 is 56.8 Å². The molecule has 2 aliphatic heterocycles. The fraction of sp³-hybridized carbons (Fsp3) is 0.800. The van der Waals surface area contributed by atoms with Crippen LogP contribution in [-0.2, 0) is 20.7 Å². The summed E-state index contributed by atoms with van der Waals surface area (Å²) < 4.78 is 5.83. The van der Waals surface area contributed by atoms with Gasteiger partial charge in [-0.3, -0.25) is 19.6 Å². The van der Waals surface area contributed by atoms with E-state index in [-0.39, 0.29) is 35.7 Å². The van der Waals surface area contributed by atoms with Gasteiger partial charge in [0, 0.05) is 42.3 Å². The van der Waals surface area contributed by atoms with Crippen molar-refractivity contribution in [1.82, 2.24) is 10.3 Å². The highest BCUT2D eigenvalue weighted by atomic mass is 32.2. The summed E-state index contributed by atoms with van der Waals surface area (Å²) in [5.41, 5.74) is -0.953. The predicted octanol–water partition coefficient (Wildman–Crippen LogP) is 4.90. The van der Waals surface area contributed by atoms with Crippen LogP contribution in [0, 0.1) is 29.6 Å². The average molecular weight is 743 g/mol. The number of rotatable bonds is 19. The van der Waals surface area contributed by atoms with Crippen molar-refractivity contribution in [3.05, 3.63) is 16.1 Å². The molecule has 14 heteroatoms. The minimum atomic E-state index is -1.24. The van der Waals surface area contributed by atoms with Gasteiger partial charge in [-0.1, -0.05) is 54.4 Å². The van der Waals surface area contributed by atoms with Crippen LogP contribution in [0.15, 0.2) is 15.4 Å². The molecule has 1 aromatic rings. The van der Waals surface area contributed by atoms with Crippen LogP contribution in [0.1, 0.15) is 92.3 Å². The molecule has 0 spiro atoms. The fourth-order valence-corrected chi connectivity index (χ4v) is 9.85. The van der Waals surface area contributed by atoms with Crippen molar-refractivity contribution in [3.63, 3.8) is 0 Å². The molecular formula is C35H58N4O7S3. The number of carboxylic acid groups (broad SMARTS) is 1. The van der Waals surface area contributed by atoms with Gasteiger partial charge < -0.3 is 30.5 Å². The molecule has 0 fully saturated rings. The molecular weight excluding hydrogens is 685 g/mol. The van der Waals surface area contributed by atoms with E-state index in [1.165, 1.54) is 30.0 Å². The highest BCUT2D eigenvalue weighted by molar-refractivity contribution is 8.16. The third-order valence-electron chi connectivity index (χ3n) is 10.4. The summed E-state index contributed by atoms with van der Waals surface area (Å²) in [4.78, 5) is 40.0. The maximum Gasteiger partial charge on any atom is 0.308 e. The van der Waals surface area contributed by atoms with Gasteiger partial charge in [0.2, 0.25) is 5.91 Å². The number of amides is 1. The van der Waals surface area contributed by atoms with E-state index in [4.69, 9.17) is 19.7 Å². The first-order valence-corrected chi connectivity index (χ1v) is 20.3. The number of methoxy groups -OCH3 is 1. The van der Waals surface area contributed by atoms with Gasteiger partial charge in [0.1, 0.15) is 21.8 Å². The van der Waals surface area contributed by atoms with Gasteiger partial charge >= 0.3 is 5.97 Å². The summed E-state index contributed by atoms with van der Waals surface area (Å²) in [6.45, 7) is 17.0. The first-order valence-electron chi connectivity index (χ1n) is 17.4. The third kappa shape index (κ3) is 9.87. The number of nitrogens with zero attached hydrogens (tertiary/aromatic N) is 3. The van der Waals surface area contributed by atoms with Crippen molar-refractivity contribution < 1.29 is 34.8 Å². The molecule has 3 rings (SSSR count). The van der Waals surface area contributed by atoms with Crippen LogP contribution >= 0.6 is 34.9 Å². The number of thiazole rings is 1. The van der Waals surface area contributed by atoms with E-state index in [0.717, 1.165) is 33.6 Å². The molecule has 12 atom stereocenters. The standard InChI is InChI=1S/C35H58N4O7S3/c1-11-13-19(4)27(40)21(6)28(41)20(5)24(46-10)14-25-36-23(15-47-25)30-38-35(9,17-48-30)33-39-34(8,16-49-33)32(45)37-26(18(3)12-2)29(42)22(7)31(43)44/h15,18-22,24,26-29,40-42H,11-14,16-17H2,1-10H3,(H,37,45)(H,43,44)/t18-,19+,20-,21-,22+,24-,26-,27-,28-,29-,34+,35+/m0/s1. The van der Waals surface area contributed by atoms with Crippen LogP contribution in [0.3, 0.4) is 0 Å². The molecule has 49 heavy (non-hydrogen) atoms. The zero-order valence-electron chi connectivity index (χ0n) is 30.7. The Labute approximate surface area is 304 Å². The number of ether oxygens (including phenoxy) is 1. The molecule has 2 aliphatic rings. The maximum atomic E-state index is 13.6. The molecule has 11 nitrogen and oxygen atoms in total. The Morgan fingerprint density at radius 3 is 2.22 bits per heavy atom. The number of hydrogen-bond donors (Lipinski definition) is 5. The van der Waals surface area contributed by atoms with Crippen LogP contribution in [0.25, 0.3) is 0 Å². The topological polar surface area (TPSA) is 174 Å². The van der Waals surface area contributed by atoms with Crippen molar-refractivity contribution in [3.8, 4) is 0 Å². The zero-order valence-corrected chi connectivity index (χ0v) is 33.1. The molecule has 1 aromatic heterocycles. The number of carbonyl (C=O) groups excluding carboxylic acids is 1. The van der Waals surface area contributed by atoms with E-state index >= 15 is 0 Å². The lowest BCUT2D eigenvalue weighted by Gasteiger charge is -2.34. The van der Waals surface area contributed by atoms with Gasteiger partial charge in [-0.15, -0.1) is 34.9 Å². The fourth-order valence-electron chi connectivity index (χ4n) is 6.41. The van der Waals surface area contributed by atoms with Gasteiger partial charge in [-0.05, 0) is 39.0 Å². The summed E-state index contributed by atoms with van der Waals surface area (Å²) in [5.74, 6) is -1.97. The Bertz CT molecular complexity index is 1340. The molecule has 278 valence electrons. The van der Waals surface area contributed by atoms with Crippen LogP contribution in [0.2, 0.25) is 0 Å². The maximum absolute atomic E-state index is 13.6. The highest BCUT2D eigenvalue weighted by Crippen LogP contribution is 2.41. The van der Waals surface area contributed by atoms with Crippen LogP contribution in [-0.4, -0.2) is 108 Å². The van der Waals surface area contributed by atoms with Gasteiger partial charge in [-0.2, -0.15) is 0 Å². The lowest BCUT2D eigenvalue weighted by molar-refractivity contribution is -0.147. The number of carbonyl (C=O) groups is 2. The Morgan fingerprint density at radius 1 is 0.959 bits per heavy atom. The largest absolute Gasteiger partial charge is 0.481 e. The van der Waals surface area contributed by atoms with Crippen molar-refractivity contribution in [2.24, 2.45) is 39.6 Å². The average Bonchev–Trinajstić information content (AvgIpc) is 3.83.